The molecule has 1 heterocycles. The number of hydrogen-bond acceptors (Lipinski definition) is 4. The van der Waals surface area contributed by atoms with Crippen molar-refractivity contribution < 1.29 is 5.11 Å². The number of isothiocyanates is 1. The number of nitrogens with zero attached hydrogens (tertiary/aromatic N) is 3. The smallest absolute Gasteiger partial charge is 0.184 e. The topological polar surface area (TPSA) is 50.4 Å². The Hall–Kier alpha value is -1.03. The Morgan fingerprint density at radius 1 is 1.56 bits per heavy atom. The summed E-state index contributed by atoms with van der Waals surface area (Å²) in [5.74, 6) is 1.14. The number of aliphatic hydroxyl groups is 1. The number of aromatic nitrogens is 2. The molecule has 5 heteroatoms. The zero-order chi connectivity index (χ0) is 13.3. The molecule has 1 aromatic heterocycles. The van der Waals surface area contributed by atoms with E-state index in [4.69, 9.17) is 0 Å². The van der Waals surface area contributed by atoms with Gasteiger partial charge in [0.15, 0.2) is 5.82 Å². The molecule has 1 saturated carbocycles. The molecular formula is C13H19N3OS. The first-order valence-corrected chi connectivity index (χ1v) is 6.65. The van der Waals surface area contributed by atoms with Gasteiger partial charge in [-0.2, -0.15) is 10.1 Å². The Labute approximate surface area is 113 Å². The van der Waals surface area contributed by atoms with Gasteiger partial charge in [-0.1, -0.05) is 20.8 Å². The number of aliphatic hydroxyl groups excluding tert-OH is 1. The van der Waals surface area contributed by atoms with Crippen molar-refractivity contribution >= 4 is 23.2 Å². The minimum Gasteiger partial charge on any atom is -0.393 e. The Kier molecular flexibility index (Phi) is 3.66. The maximum absolute atomic E-state index is 9.34. The van der Waals surface area contributed by atoms with Gasteiger partial charge in [-0.25, -0.2) is 0 Å². The average Bonchev–Trinajstić information content (AvgIpc) is 2.59. The van der Waals surface area contributed by atoms with Crippen LogP contribution in [0.4, 0.5) is 5.82 Å². The summed E-state index contributed by atoms with van der Waals surface area (Å²) in [6.07, 6.45) is 1.62. The standard InChI is InChI=1S/C13H19N3OS/c1-13(2,3)11-6-12(14-8-18)15-16(11)7-9-4-10(17)5-9/h6,9-10,17H,4-5,7H2,1-3H3/t9-,10+. The molecule has 0 spiro atoms. The maximum atomic E-state index is 9.34. The molecule has 0 saturated heterocycles. The third-order valence-corrected chi connectivity index (χ3v) is 3.43. The van der Waals surface area contributed by atoms with Crippen molar-refractivity contribution in [3.05, 3.63) is 11.8 Å². The Bertz CT molecular complexity index is 477. The van der Waals surface area contributed by atoms with Crippen LogP contribution in [0.1, 0.15) is 39.3 Å². The molecule has 0 radical (unpaired) electrons. The molecule has 1 aliphatic rings. The monoisotopic (exact) mass is 265 g/mol. The molecule has 0 aliphatic heterocycles. The first-order chi connectivity index (χ1) is 8.40. The zero-order valence-corrected chi connectivity index (χ0v) is 11.9. The predicted octanol–water partition coefficient (Wildman–Crippen LogP) is 2.69. The molecule has 4 nitrogen and oxygen atoms in total. The van der Waals surface area contributed by atoms with Gasteiger partial charge in [0.25, 0.3) is 0 Å². The van der Waals surface area contributed by atoms with E-state index in [9.17, 15) is 5.11 Å². The molecule has 18 heavy (non-hydrogen) atoms. The van der Waals surface area contributed by atoms with Crippen LogP contribution in [0.15, 0.2) is 11.1 Å². The molecule has 0 atom stereocenters. The van der Waals surface area contributed by atoms with Crippen molar-refractivity contribution in [1.82, 2.24) is 9.78 Å². The first kappa shape index (κ1) is 13.4. The largest absolute Gasteiger partial charge is 0.393 e. The summed E-state index contributed by atoms with van der Waals surface area (Å²) in [5, 5.41) is 16.2. The van der Waals surface area contributed by atoms with Crippen molar-refractivity contribution in [3.8, 4) is 0 Å². The fraction of sp³-hybridized carbons (Fsp3) is 0.692. The van der Waals surface area contributed by atoms with E-state index in [0.29, 0.717) is 11.7 Å². The fourth-order valence-corrected chi connectivity index (χ4v) is 2.44. The highest BCUT2D eigenvalue weighted by Gasteiger charge is 2.30. The van der Waals surface area contributed by atoms with Crippen LogP contribution in [0.25, 0.3) is 0 Å². The van der Waals surface area contributed by atoms with Crippen LogP contribution >= 0.6 is 12.2 Å². The van der Waals surface area contributed by atoms with E-state index < -0.39 is 0 Å². The van der Waals surface area contributed by atoms with Crippen LogP contribution in [0.2, 0.25) is 0 Å². The second-order valence-electron chi connectivity index (χ2n) is 6.01. The maximum Gasteiger partial charge on any atom is 0.184 e. The van der Waals surface area contributed by atoms with Gasteiger partial charge in [0.05, 0.1) is 11.3 Å². The van der Waals surface area contributed by atoms with Gasteiger partial charge in [0, 0.05) is 23.7 Å². The minimum atomic E-state index is -0.123. The normalized spacial score (nSPS) is 23.3. The van der Waals surface area contributed by atoms with Crippen LogP contribution in [-0.4, -0.2) is 26.2 Å². The molecule has 1 aliphatic carbocycles. The molecule has 0 aromatic carbocycles. The van der Waals surface area contributed by atoms with Gasteiger partial charge in [-0.15, -0.1) is 0 Å². The van der Waals surface area contributed by atoms with E-state index in [-0.39, 0.29) is 11.5 Å². The quantitative estimate of drug-likeness (QED) is 0.675. The number of rotatable bonds is 3. The van der Waals surface area contributed by atoms with Crippen molar-refractivity contribution in [2.24, 2.45) is 10.9 Å². The molecule has 0 amide bonds. The van der Waals surface area contributed by atoms with E-state index in [1.165, 1.54) is 0 Å². The summed E-state index contributed by atoms with van der Waals surface area (Å²) in [6.45, 7) is 7.31. The second-order valence-corrected chi connectivity index (χ2v) is 6.20. The summed E-state index contributed by atoms with van der Waals surface area (Å²) in [4.78, 5) is 3.95. The number of thiocarbonyl (C=S) groups is 1. The first-order valence-electron chi connectivity index (χ1n) is 6.24. The summed E-state index contributed by atoms with van der Waals surface area (Å²) in [5.41, 5.74) is 1.16. The molecule has 0 unspecified atom stereocenters. The molecule has 1 N–H and O–H groups in total. The third kappa shape index (κ3) is 2.86. The van der Waals surface area contributed by atoms with Crippen molar-refractivity contribution in [2.45, 2.75) is 51.7 Å². The second kappa shape index (κ2) is 4.92. The highest BCUT2D eigenvalue weighted by atomic mass is 32.1. The summed E-state index contributed by atoms with van der Waals surface area (Å²) in [6, 6.07) is 1.97. The van der Waals surface area contributed by atoms with Crippen molar-refractivity contribution in [3.63, 3.8) is 0 Å². The van der Waals surface area contributed by atoms with Crippen LogP contribution < -0.4 is 0 Å². The zero-order valence-electron chi connectivity index (χ0n) is 11.1. The fourth-order valence-electron chi connectivity index (χ4n) is 2.34. The lowest BCUT2D eigenvalue weighted by Gasteiger charge is -2.32. The lowest BCUT2D eigenvalue weighted by atomic mass is 9.82. The molecule has 2 rings (SSSR count). The van der Waals surface area contributed by atoms with Gasteiger partial charge < -0.3 is 5.11 Å². The Balaban J connectivity index is 2.23. The highest BCUT2D eigenvalue weighted by molar-refractivity contribution is 7.78. The molecule has 98 valence electrons. The van der Waals surface area contributed by atoms with Crippen LogP contribution in [0.3, 0.4) is 0 Å². The van der Waals surface area contributed by atoms with Gasteiger partial charge >= 0.3 is 0 Å². The molecule has 1 fully saturated rings. The van der Waals surface area contributed by atoms with Crippen molar-refractivity contribution in [2.75, 3.05) is 0 Å². The van der Waals surface area contributed by atoms with E-state index in [1.807, 2.05) is 10.7 Å². The van der Waals surface area contributed by atoms with E-state index in [2.05, 4.69) is 48.2 Å². The minimum absolute atomic E-state index is 0.0184. The average molecular weight is 265 g/mol. The molecular weight excluding hydrogens is 246 g/mol. The third-order valence-electron chi connectivity index (χ3n) is 3.34. The van der Waals surface area contributed by atoms with Crippen molar-refractivity contribution in [1.29, 1.82) is 0 Å². The van der Waals surface area contributed by atoms with E-state index >= 15 is 0 Å². The van der Waals surface area contributed by atoms with Gasteiger partial charge in [0.1, 0.15) is 0 Å². The Morgan fingerprint density at radius 2 is 2.22 bits per heavy atom. The summed E-state index contributed by atoms with van der Waals surface area (Å²) < 4.78 is 2.00. The Morgan fingerprint density at radius 3 is 2.72 bits per heavy atom. The van der Waals surface area contributed by atoms with Gasteiger partial charge in [-0.3, -0.25) is 4.68 Å². The van der Waals surface area contributed by atoms with E-state index in [1.54, 1.807) is 0 Å². The van der Waals surface area contributed by atoms with Gasteiger partial charge in [0.2, 0.25) is 0 Å². The van der Waals surface area contributed by atoms with Gasteiger partial charge in [-0.05, 0) is 31.0 Å². The lowest BCUT2D eigenvalue weighted by Crippen LogP contribution is -2.33. The molecule has 1 aromatic rings. The summed E-state index contributed by atoms with van der Waals surface area (Å²) in [7, 11) is 0. The summed E-state index contributed by atoms with van der Waals surface area (Å²) >= 11 is 4.62. The SMILES string of the molecule is CC(C)(C)c1cc(N=C=S)nn1C[C@H]1C[C@@H](O)C1. The van der Waals surface area contributed by atoms with Crippen LogP contribution in [0.5, 0.6) is 0 Å². The predicted molar refractivity (Wildman–Crippen MR) is 74.3 cm³/mol. The number of aliphatic imine (C=N–C) groups is 1. The van der Waals surface area contributed by atoms with Crippen LogP contribution in [0, 0.1) is 5.92 Å². The molecule has 0 bridgehead atoms. The highest BCUT2D eigenvalue weighted by Crippen LogP contribution is 2.32. The van der Waals surface area contributed by atoms with Crippen LogP contribution in [-0.2, 0) is 12.0 Å². The lowest BCUT2D eigenvalue weighted by molar-refractivity contribution is 0.0330. The van der Waals surface area contributed by atoms with E-state index in [0.717, 1.165) is 25.1 Å². The number of hydrogen-bond donors (Lipinski definition) is 1.